The summed E-state index contributed by atoms with van der Waals surface area (Å²) in [7, 11) is 0. The molecule has 0 bridgehead atoms. The molecule has 2 aromatic carbocycles. The Morgan fingerprint density at radius 2 is 1.80 bits per heavy atom. The summed E-state index contributed by atoms with van der Waals surface area (Å²) in [5.74, 6) is -1.84. The molecule has 2 aromatic rings. The predicted molar refractivity (Wildman–Crippen MR) is 135 cm³/mol. The maximum atomic E-state index is 14.9. The van der Waals surface area contributed by atoms with Gasteiger partial charge in [0, 0.05) is 17.7 Å². The van der Waals surface area contributed by atoms with Gasteiger partial charge >= 0.3 is 0 Å². The maximum Gasteiger partial charge on any atom is 0.295 e. The number of carbonyl (C=O) groups excluding carboxylic acids is 2. The van der Waals surface area contributed by atoms with E-state index >= 15 is 0 Å². The molecule has 1 amide bonds. The molecular formula is C28H35FN2O4. The molecule has 0 aliphatic carbocycles. The molecule has 1 unspecified atom stereocenters. The Kier molecular flexibility index (Phi) is 9.43. The first kappa shape index (κ1) is 26.4. The Morgan fingerprint density at radius 3 is 2.49 bits per heavy atom. The number of carbonyl (C=O) groups is 2. The van der Waals surface area contributed by atoms with Crippen molar-refractivity contribution in [2.45, 2.75) is 46.1 Å². The zero-order valence-electron chi connectivity index (χ0n) is 20.8. The van der Waals surface area contributed by atoms with Crippen LogP contribution in [0.3, 0.4) is 0 Å². The highest BCUT2D eigenvalue weighted by Gasteiger charge is 2.46. The third kappa shape index (κ3) is 6.09. The highest BCUT2D eigenvalue weighted by atomic mass is 19.1. The van der Waals surface area contributed by atoms with E-state index in [1.54, 1.807) is 42.5 Å². The van der Waals surface area contributed by atoms with Crippen molar-refractivity contribution in [2.24, 2.45) is 0 Å². The lowest BCUT2D eigenvalue weighted by Gasteiger charge is -2.27. The van der Waals surface area contributed by atoms with Crippen molar-refractivity contribution in [3.63, 3.8) is 0 Å². The van der Waals surface area contributed by atoms with E-state index in [-0.39, 0.29) is 23.4 Å². The van der Waals surface area contributed by atoms with Crippen molar-refractivity contribution in [2.75, 3.05) is 32.8 Å². The predicted octanol–water partition coefficient (Wildman–Crippen LogP) is 5.16. The number of aliphatic hydroxyl groups excluding tert-OH is 1. The van der Waals surface area contributed by atoms with Gasteiger partial charge in [-0.15, -0.1) is 0 Å². The lowest BCUT2D eigenvalue weighted by molar-refractivity contribution is -0.140. The molecule has 1 atom stereocenters. The van der Waals surface area contributed by atoms with Crippen LogP contribution in [0, 0.1) is 5.82 Å². The van der Waals surface area contributed by atoms with Crippen LogP contribution in [0.15, 0.2) is 54.1 Å². The van der Waals surface area contributed by atoms with Gasteiger partial charge in [-0.1, -0.05) is 57.5 Å². The van der Waals surface area contributed by atoms with E-state index in [9.17, 15) is 19.1 Å². The molecule has 188 valence electrons. The summed E-state index contributed by atoms with van der Waals surface area (Å²) in [6, 6.07) is 11.8. The summed E-state index contributed by atoms with van der Waals surface area (Å²) in [5, 5.41) is 11.2. The van der Waals surface area contributed by atoms with Crippen LogP contribution >= 0.6 is 0 Å². The van der Waals surface area contributed by atoms with Crippen LogP contribution in [0.25, 0.3) is 5.76 Å². The van der Waals surface area contributed by atoms with Gasteiger partial charge in [-0.25, -0.2) is 4.39 Å². The number of ether oxygens (including phenoxy) is 1. The van der Waals surface area contributed by atoms with Crippen molar-refractivity contribution in [1.82, 2.24) is 9.80 Å². The summed E-state index contributed by atoms with van der Waals surface area (Å²) in [4.78, 5) is 29.8. The molecule has 1 N–H and O–H groups in total. The zero-order valence-corrected chi connectivity index (χ0v) is 20.8. The molecule has 1 saturated heterocycles. The second kappa shape index (κ2) is 12.5. The summed E-state index contributed by atoms with van der Waals surface area (Å²) < 4.78 is 20.7. The third-order valence-electron chi connectivity index (χ3n) is 6.38. The van der Waals surface area contributed by atoms with Gasteiger partial charge in [-0.05, 0) is 50.7 Å². The summed E-state index contributed by atoms with van der Waals surface area (Å²) in [6.45, 7) is 9.51. The average molecular weight is 483 g/mol. The molecule has 0 saturated carbocycles. The van der Waals surface area contributed by atoms with Crippen LogP contribution in [-0.4, -0.2) is 59.4 Å². The molecule has 6 nitrogen and oxygen atoms in total. The van der Waals surface area contributed by atoms with Gasteiger partial charge in [-0.3, -0.25) is 9.59 Å². The van der Waals surface area contributed by atoms with Crippen LogP contribution in [0.5, 0.6) is 5.75 Å². The maximum absolute atomic E-state index is 14.9. The minimum atomic E-state index is -1.00. The summed E-state index contributed by atoms with van der Waals surface area (Å²) >= 11 is 0. The van der Waals surface area contributed by atoms with Crippen LogP contribution in [0.1, 0.15) is 57.2 Å². The molecule has 3 rings (SSSR count). The Labute approximate surface area is 207 Å². The molecule has 1 aliphatic heterocycles. The number of hydrogen-bond donors (Lipinski definition) is 1. The number of halogens is 1. The molecule has 35 heavy (non-hydrogen) atoms. The molecule has 1 fully saturated rings. The number of rotatable bonds is 12. The van der Waals surface area contributed by atoms with E-state index in [1.165, 1.54) is 11.0 Å². The molecule has 1 aliphatic rings. The Hall–Kier alpha value is -3.19. The number of nitrogens with zero attached hydrogens (tertiary/aromatic N) is 2. The van der Waals surface area contributed by atoms with E-state index < -0.39 is 23.5 Å². The van der Waals surface area contributed by atoms with Crippen LogP contribution in [0.2, 0.25) is 0 Å². The van der Waals surface area contributed by atoms with Gasteiger partial charge in [0.25, 0.3) is 11.7 Å². The van der Waals surface area contributed by atoms with E-state index in [0.717, 1.165) is 32.5 Å². The van der Waals surface area contributed by atoms with Crippen molar-refractivity contribution >= 4 is 17.4 Å². The molecule has 1 heterocycles. The number of Topliss-reactive ketones (excluding diaryl/α,β-unsaturated/α-hetero) is 1. The van der Waals surface area contributed by atoms with Gasteiger partial charge in [-0.2, -0.15) is 0 Å². The third-order valence-corrected chi connectivity index (χ3v) is 6.38. The van der Waals surface area contributed by atoms with Crippen molar-refractivity contribution < 1.29 is 23.8 Å². The monoisotopic (exact) mass is 482 g/mol. The van der Waals surface area contributed by atoms with E-state index in [4.69, 9.17) is 4.74 Å². The Balaban J connectivity index is 2.00. The smallest absolute Gasteiger partial charge is 0.295 e. The van der Waals surface area contributed by atoms with Gasteiger partial charge in [0.2, 0.25) is 0 Å². The highest BCUT2D eigenvalue weighted by molar-refractivity contribution is 6.46. The Bertz CT molecular complexity index is 1060. The SMILES string of the molecule is CCCCOc1cccc(C(O)=C2C(=O)C(=O)N(CCCN(CC)CC)C2c2ccccc2F)c1. The molecule has 7 heteroatoms. The molecule has 0 radical (unpaired) electrons. The second-order valence-electron chi connectivity index (χ2n) is 8.62. The first-order valence-electron chi connectivity index (χ1n) is 12.4. The molecular weight excluding hydrogens is 447 g/mol. The lowest BCUT2D eigenvalue weighted by Crippen LogP contribution is -2.33. The fourth-order valence-electron chi connectivity index (χ4n) is 4.36. The standard InChI is InChI=1S/C28H35FN2O4/c1-4-7-18-35-21-13-10-12-20(19-21)26(32)24-25(22-14-8-9-15-23(22)29)31(28(34)27(24)33)17-11-16-30(5-2)6-3/h8-10,12-15,19,25,32H,4-7,11,16-18H2,1-3H3. The molecule has 0 aromatic heterocycles. The summed E-state index contributed by atoms with van der Waals surface area (Å²) in [6.07, 6.45) is 2.50. The number of hydrogen-bond acceptors (Lipinski definition) is 5. The van der Waals surface area contributed by atoms with Gasteiger partial charge in [0.1, 0.15) is 17.3 Å². The number of amides is 1. The minimum absolute atomic E-state index is 0.103. The molecule has 0 spiro atoms. The average Bonchev–Trinajstić information content (AvgIpc) is 3.11. The van der Waals surface area contributed by atoms with Crippen LogP contribution in [-0.2, 0) is 9.59 Å². The van der Waals surface area contributed by atoms with Crippen LogP contribution in [0.4, 0.5) is 4.39 Å². The zero-order chi connectivity index (χ0) is 25.4. The van der Waals surface area contributed by atoms with Crippen molar-refractivity contribution in [1.29, 1.82) is 0 Å². The topological polar surface area (TPSA) is 70.1 Å². The highest BCUT2D eigenvalue weighted by Crippen LogP contribution is 2.40. The van der Waals surface area contributed by atoms with E-state index in [0.29, 0.717) is 24.3 Å². The normalized spacial score (nSPS) is 17.4. The van der Waals surface area contributed by atoms with Crippen molar-refractivity contribution in [3.05, 3.63) is 71.0 Å². The lowest BCUT2D eigenvalue weighted by atomic mass is 9.95. The largest absolute Gasteiger partial charge is 0.507 e. The van der Waals surface area contributed by atoms with E-state index in [1.807, 2.05) is 0 Å². The second-order valence-corrected chi connectivity index (χ2v) is 8.62. The van der Waals surface area contributed by atoms with Crippen molar-refractivity contribution in [3.8, 4) is 5.75 Å². The quantitative estimate of drug-likeness (QED) is 0.196. The van der Waals surface area contributed by atoms with E-state index in [2.05, 4.69) is 25.7 Å². The fraction of sp³-hybridized carbons (Fsp3) is 0.429. The van der Waals surface area contributed by atoms with Gasteiger partial charge in [0.15, 0.2) is 0 Å². The fourth-order valence-corrected chi connectivity index (χ4v) is 4.36. The number of benzene rings is 2. The van der Waals surface area contributed by atoms with Gasteiger partial charge < -0.3 is 19.6 Å². The van der Waals surface area contributed by atoms with Gasteiger partial charge in [0.05, 0.1) is 18.2 Å². The van der Waals surface area contributed by atoms with Crippen LogP contribution < -0.4 is 4.74 Å². The Morgan fingerprint density at radius 1 is 1.06 bits per heavy atom. The number of likely N-dealkylation sites (tertiary alicyclic amines) is 1. The number of unbranched alkanes of at least 4 members (excludes halogenated alkanes) is 1. The number of aliphatic hydroxyl groups is 1. The minimum Gasteiger partial charge on any atom is -0.507 e. The summed E-state index contributed by atoms with van der Waals surface area (Å²) in [5.41, 5.74) is 0.432. The first-order valence-corrected chi connectivity index (χ1v) is 12.4. The first-order chi connectivity index (χ1) is 16.9. The number of ketones is 1.